The Labute approximate surface area is 143 Å². The van der Waals surface area contributed by atoms with E-state index in [1.807, 2.05) is 30.3 Å². The van der Waals surface area contributed by atoms with Gasteiger partial charge in [0.15, 0.2) is 5.75 Å². The number of halogens is 2. The van der Waals surface area contributed by atoms with Gasteiger partial charge in [-0.05, 0) is 29.8 Å². The van der Waals surface area contributed by atoms with Crippen LogP contribution in [0, 0.1) is 0 Å². The molecule has 1 heterocycles. The highest BCUT2D eigenvalue weighted by Crippen LogP contribution is 2.28. The van der Waals surface area contributed by atoms with Gasteiger partial charge in [0.1, 0.15) is 0 Å². The zero-order valence-electron chi connectivity index (χ0n) is 12.0. The van der Waals surface area contributed by atoms with Gasteiger partial charge in [-0.25, -0.2) is 0 Å². The molecule has 0 amide bonds. The van der Waals surface area contributed by atoms with Crippen molar-refractivity contribution in [2.45, 2.75) is 6.54 Å². The van der Waals surface area contributed by atoms with Gasteiger partial charge in [-0.15, -0.1) is 0 Å². The summed E-state index contributed by atoms with van der Waals surface area (Å²) >= 11 is 12.2. The van der Waals surface area contributed by atoms with E-state index in [-0.39, 0.29) is 5.75 Å². The Morgan fingerprint density at radius 1 is 1.00 bits per heavy atom. The first-order chi connectivity index (χ1) is 11.0. The molecule has 0 saturated heterocycles. The molecule has 3 nitrogen and oxygen atoms in total. The molecule has 0 atom stereocenters. The fourth-order valence-electron chi connectivity index (χ4n) is 2.41. The van der Waals surface area contributed by atoms with Crippen molar-refractivity contribution >= 4 is 23.2 Å². The minimum Gasteiger partial charge on any atom is -0.503 e. The van der Waals surface area contributed by atoms with E-state index >= 15 is 0 Å². The molecular formula is C18H13Cl2NO2. The minimum atomic E-state index is -0.458. The summed E-state index contributed by atoms with van der Waals surface area (Å²) in [5, 5.41) is 11.1. The third-order valence-electron chi connectivity index (χ3n) is 3.49. The first-order valence-corrected chi connectivity index (χ1v) is 7.73. The Kier molecular flexibility index (Phi) is 4.42. The largest absolute Gasteiger partial charge is 0.503 e. The van der Waals surface area contributed by atoms with Crippen molar-refractivity contribution in [1.82, 2.24) is 4.57 Å². The van der Waals surface area contributed by atoms with Crippen LogP contribution in [0.3, 0.4) is 0 Å². The molecule has 1 N–H and O–H groups in total. The normalized spacial score (nSPS) is 10.7. The lowest BCUT2D eigenvalue weighted by Gasteiger charge is -2.11. The minimum absolute atomic E-state index is 0.311. The second-order valence-electron chi connectivity index (χ2n) is 5.16. The molecule has 0 spiro atoms. The Morgan fingerprint density at radius 2 is 1.78 bits per heavy atom. The Morgan fingerprint density at radius 3 is 2.52 bits per heavy atom. The monoisotopic (exact) mass is 345 g/mol. The second kappa shape index (κ2) is 6.49. The number of aromatic nitrogens is 1. The molecule has 0 unspecified atom stereocenters. The molecule has 0 aliphatic carbocycles. The van der Waals surface area contributed by atoms with Crippen molar-refractivity contribution in [3.63, 3.8) is 0 Å². The standard InChI is InChI=1S/C18H13Cl2NO2/c19-14-5-3-4-12(8-14)10-21-11-13(9-17(22)18(21)23)15-6-1-2-7-16(15)20/h1-9,11,22H,10H2. The zero-order valence-corrected chi connectivity index (χ0v) is 13.6. The Bertz CT molecular complexity index is 919. The predicted molar refractivity (Wildman–Crippen MR) is 93.4 cm³/mol. The average Bonchev–Trinajstić information content (AvgIpc) is 2.52. The van der Waals surface area contributed by atoms with Crippen molar-refractivity contribution in [3.8, 4) is 16.9 Å². The first kappa shape index (κ1) is 15.7. The van der Waals surface area contributed by atoms with Crippen LogP contribution in [0.2, 0.25) is 10.0 Å². The lowest BCUT2D eigenvalue weighted by atomic mass is 10.1. The molecule has 3 aromatic rings. The van der Waals surface area contributed by atoms with Crippen LogP contribution < -0.4 is 5.56 Å². The van der Waals surface area contributed by atoms with Gasteiger partial charge in [0.05, 0.1) is 6.54 Å². The summed E-state index contributed by atoms with van der Waals surface area (Å²) in [5.74, 6) is -0.315. The maximum Gasteiger partial charge on any atom is 0.292 e. The van der Waals surface area contributed by atoms with Gasteiger partial charge in [0.25, 0.3) is 5.56 Å². The van der Waals surface area contributed by atoms with E-state index in [0.717, 1.165) is 11.1 Å². The van der Waals surface area contributed by atoms with Crippen molar-refractivity contribution in [3.05, 3.63) is 86.8 Å². The number of benzene rings is 2. The number of rotatable bonds is 3. The molecule has 0 radical (unpaired) electrons. The summed E-state index contributed by atoms with van der Waals surface area (Å²) in [7, 11) is 0. The van der Waals surface area contributed by atoms with Gasteiger partial charge in [0.2, 0.25) is 0 Å². The molecular weight excluding hydrogens is 333 g/mol. The van der Waals surface area contributed by atoms with Crippen LogP contribution in [-0.4, -0.2) is 9.67 Å². The molecule has 116 valence electrons. The van der Waals surface area contributed by atoms with E-state index in [0.29, 0.717) is 22.2 Å². The quantitative estimate of drug-likeness (QED) is 0.755. The van der Waals surface area contributed by atoms with Gasteiger partial charge in [-0.2, -0.15) is 0 Å². The van der Waals surface area contributed by atoms with E-state index in [9.17, 15) is 9.90 Å². The maximum atomic E-state index is 12.2. The van der Waals surface area contributed by atoms with Crippen LogP contribution in [0.5, 0.6) is 5.75 Å². The van der Waals surface area contributed by atoms with Crippen molar-refractivity contribution in [2.24, 2.45) is 0 Å². The van der Waals surface area contributed by atoms with Gasteiger partial charge in [0, 0.05) is 27.4 Å². The summed E-state index contributed by atoms with van der Waals surface area (Å²) in [5.41, 5.74) is 1.84. The topological polar surface area (TPSA) is 42.2 Å². The highest BCUT2D eigenvalue weighted by Gasteiger charge is 2.10. The third kappa shape index (κ3) is 3.41. The molecule has 0 aliphatic heterocycles. The van der Waals surface area contributed by atoms with E-state index in [4.69, 9.17) is 23.2 Å². The molecule has 0 bridgehead atoms. The molecule has 1 aromatic heterocycles. The number of hydrogen-bond donors (Lipinski definition) is 1. The number of hydrogen-bond acceptors (Lipinski definition) is 2. The first-order valence-electron chi connectivity index (χ1n) is 6.97. The molecule has 3 rings (SSSR count). The maximum absolute atomic E-state index is 12.2. The van der Waals surface area contributed by atoms with E-state index in [2.05, 4.69) is 0 Å². The summed E-state index contributed by atoms with van der Waals surface area (Å²) in [6, 6.07) is 16.0. The molecule has 23 heavy (non-hydrogen) atoms. The number of pyridine rings is 1. The van der Waals surface area contributed by atoms with Crippen molar-refractivity contribution < 1.29 is 5.11 Å². The highest BCUT2D eigenvalue weighted by molar-refractivity contribution is 6.33. The number of aromatic hydroxyl groups is 1. The van der Waals surface area contributed by atoms with E-state index < -0.39 is 5.56 Å². The van der Waals surface area contributed by atoms with Crippen LogP contribution >= 0.6 is 23.2 Å². The average molecular weight is 346 g/mol. The van der Waals surface area contributed by atoms with Gasteiger partial charge in [-0.3, -0.25) is 4.79 Å². The van der Waals surface area contributed by atoms with Gasteiger partial charge >= 0.3 is 0 Å². The number of nitrogens with zero attached hydrogens (tertiary/aromatic N) is 1. The fraction of sp³-hybridized carbons (Fsp3) is 0.0556. The Hall–Kier alpha value is -2.23. The molecule has 0 saturated carbocycles. The fourth-order valence-corrected chi connectivity index (χ4v) is 2.87. The lowest BCUT2D eigenvalue weighted by molar-refractivity contribution is 0.459. The molecule has 5 heteroatoms. The predicted octanol–water partition coefficient (Wildman–Crippen LogP) is 4.58. The zero-order chi connectivity index (χ0) is 16.4. The lowest BCUT2D eigenvalue weighted by Crippen LogP contribution is -2.19. The SMILES string of the molecule is O=c1c(O)cc(-c2ccccc2Cl)cn1Cc1cccc(Cl)c1. The smallest absolute Gasteiger partial charge is 0.292 e. The van der Waals surface area contributed by atoms with Crippen LogP contribution in [0.1, 0.15) is 5.56 Å². The summed E-state index contributed by atoms with van der Waals surface area (Å²) in [4.78, 5) is 12.2. The summed E-state index contributed by atoms with van der Waals surface area (Å²) in [6.45, 7) is 0.311. The van der Waals surface area contributed by atoms with Crippen molar-refractivity contribution in [2.75, 3.05) is 0 Å². The van der Waals surface area contributed by atoms with Gasteiger partial charge < -0.3 is 9.67 Å². The second-order valence-corrected chi connectivity index (χ2v) is 6.00. The van der Waals surface area contributed by atoms with Crippen LogP contribution in [-0.2, 0) is 6.54 Å². The van der Waals surface area contributed by atoms with E-state index in [1.165, 1.54) is 10.6 Å². The third-order valence-corrected chi connectivity index (χ3v) is 4.06. The molecule has 2 aromatic carbocycles. The summed E-state index contributed by atoms with van der Waals surface area (Å²) in [6.07, 6.45) is 1.68. The molecule has 0 aliphatic rings. The van der Waals surface area contributed by atoms with Crippen LogP contribution in [0.4, 0.5) is 0 Å². The summed E-state index contributed by atoms with van der Waals surface area (Å²) < 4.78 is 1.44. The van der Waals surface area contributed by atoms with Crippen molar-refractivity contribution in [1.29, 1.82) is 0 Å². The Balaban J connectivity index is 2.07. The van der Waals surface area contributed by atoms with E-state index in [1.54, 1.807) is 24.4 Å². The van der Waals surface area contributed by atoms with Gasteiger partial charge in [-0.1, -0.05) is 53.5 Å². The van der Waals surface area contributed by atoms with Crippen LogP contribution in [0.15, 0.2) is 65.6 Å². The van der Waals surface area contributed by atoms with Crippen LogP contribution in [0.25, 0.3) is 11.1 Å². The highest BCUT2D eigenvalue weighted by atomic mass is 35.5. The molecule has 0 fully saturated rings.